The number of amides is 1. The summed E-state index contributed by atoms with van der Waals surface area (Å²) in [6, 6.07) is 4.64. The van der Waals surface area contributed by atoms with E-state index in [0.717, 1.165) is 25.3 Å². The first kappa shape index (κ1) is 16.2. The highest BCUT2D eigenvalue weighted by atomic mass is 19.1. The largest absolute Gasteiger partial charge is 0.378 e. The molecule has 0 saturated carbocycles. The molecule has 3 rings (SSSR count). The molecule has 1 amide bonds. The standard InChI is InChI=1S/C16H22FN3O3/c17-12-7-13(9-15(8-12)20-2-5-22-6-3-20)19-16(21)10-14-11-23-4-1-18-14/h7-9,14,18H,1-6,10-11H2,(H,19,21). The lowest BCUT2D eigenvalue weighted by atomic mass is 10.2. The quantitative estimate of drug-likeness (QED) is 0.865. The van der Waals surface area contributed by atoms with Crippen LogP contribution in [0.3, 0.4) is 0 Å². The fourth-order valence-electron chi connectivity index (χ4n) is 2.84. The van der Waals surface area contributed by atoms with Crippen LogP contribution in [0.2, 0.25) is 0 Å². The van der Waals surface area contributed by atoms with Crippen molar-refractivity contribution in [1.29, 1.82) is 0 Å². The summed E-state index contributed by atoms with van der Waals surface area (Å²) in [7, 11) is 0. The number of nitrogens with zero attached hydrogens (tertiary/aromatic N) is 1. The van der Waals surface area contributed by atoms with Gasteiger partial charge in [0.05, 0.1) is 26.4 Å². The van der Waals surface area contributed by atoms with Crippen LogP contribution in [0.5, 0.6) is 0 Å². The van der Waals surface area contributed by atoms with Crippen molar-refractivity contribution in [3.05, 3.63) is 24.0 Å². The normalized spacial score (nSPS) is 22.0. The SMILES string of the molecule is O=C(CC1COCCN1)Nc1cc(F)cc(N2CCOCC2)c1. The maximum absolute atomic E-state index is 13.9. The summed E-state index contributed by atoms with van der Waals surface area (Å²) < 4.78 is 24.5. The Labute approximate surface area is 134 Å². The van der Waals surface area contributed by atoms with Crippen molar-refractivity contribution >= 4 is 17.3 Å². The van der Waals surface area contributed by atoms with Crippen molar-refractivity contribution in [3.63, 3.8) is 0 Å². The van der Waals surface area contributed by atoms with Crippen LogP contribution < -0.4 is 15.5 Å². The summed E-state index contributed by atoms with van der Waals surface area (Å²) in [6.45, 7) is 4.65. The van der Waals surface area contributed by atoms with Gasteiger partial charge in [0.15, 0.2) is 0 Å². The van der Waals surface area contributed by atoms with E-state index in [1.807, 2.05) is 0 Å². The zero-order valence-electron chi connectivity index (χ0n) is 13.0. The second kappa shape index (κ2) is 7.72. The van der Waals surface area contributed by atoms with E-state index in [9.17, 15) is 9.18 Å². The first-order chi connectivity index (χ1) is 11.2. The molecule has 1 aromatic carbocycles. The van der Waals surface area contributed by atoms with E-state index >= 15 is 0 Å². The molecule has 2 heterocycles. The zero-order valence-corrected chi connectivity index (χ0v) is 13.0. The molecule has 2 aliphatic rings. The number of hydrogen-bond acceptors (Lipinski definition) is 5. The minimum atomic E-state index is -0.358. The zero-order chi connectivity index (χ0) is 16.1. The number of morpholine rings is 2. The smallest absolute Gasteiger partial charge is 0.226 e. The van der Waals surface area contributed by atoms with Crippen LogP contribution in [0.1, 0.15) is 6.42 Å². The molecule has 2 N–H and O–H groups in total. The van der Waals surface area contributed by atoms with Crippen LogP contribution in [0.15, 0.2) is 18.2 Å². The van der Waals surface area contributed by atoms with Crippen molar-refractivity contribution < 1.29 is 18.7 Å². The Kier molecular flexibility index (Phi) is 5.43. The maximum Gasteiger partial charge on any atom is 0.226 e. The topological polar surface area (TPSA) is 62.8 Å². The highest BCUT2D eigenvalue weighted by Crippen LogP contribution is 2.23. The second-order valence-corrected chi connectivity index (χ2v) is 5.78. The molecule has 1 unspecified atom stereocenters. The van der Waals surface area contributed by atoms with Gasteiger partial charge in [-0.15, -0.1) is 0 Å². The molecular weight excluding hydrogens is 301 g/mol. The molecule has 0 spiro atoms. The van der Waals surface area contributed by atoms with Gasteiger partial charge >= 0.3 is 0 Å². The Hall–Kier alpha value is -1.70. The number of halogens is 1. The predicted octanol–water partition coefficient (Wildman–Crippen LogP) is 0.979. The number of benzene rings is 1. The number of carbonyl (C=O) groups excluding carboxylic acids is 1. The van der Waals surface area contributed by atoms with Crippen LogP contribution in [0.4, 0.5) is 15.8 Å². The van der Waals surface area contributed by atoms with E-state index in [-0.39, 0.29) is 17.8 Å². The first-order valence-corrected chi connectivity index (χ1v) is 7.95. The molecule has 2 aliphatic heterocycles. The van der Waals surface area contributed by atoms with Crippen LogP contribution in [0, 0.1) is 5.82 Å². The molecule has 2 saturated heterocycles. The summed E-state index contributed by atoms with van der Waals surface area (Å²) >= 11 is 0. The maximum atomic E-state index is 13.9. The lowest BCUT2D eigenvalue weighted by Crippen LogP contribution is -2.43. The molecule has 126 valence electrons. The molecule has 2 fully saturated rings. The summed E-state index contributed by atoms with van der Waals surface area (Å²) in [6.07, 6.45) is 0.309. The molecule has 23 heavy (non-hydrogen) atoms. The molecule has 0 aliphatic carbocycles. The van der Waals surface area contributed by atoms with Crippen LogP contribution in [-0.2, 0) is 14.3 Å². The summed E-state index contributed by atoms with van der Waals surface area (Å²) in [4.78, 5) is 14.2. The second-order valence-electron chi connectivity index (χ2n) is 5.78. The highest BCUT2D eigenvalue weighted by Gasteiger charge is 2.18. The fraction of sp³-hybridized carbons (Fsp3) is 0.562. The summed E-state index contributed by atoms with van der Waals surface area (Å²) in [5.41, 5.74) is 1.25. The lowest BCUT2D eigenvalue weighted by Gasteiger charge is -2.29. The number of nitrogens with one attached hydrogen (secondary N) is 2. The van der Waals surface area contributed by atoms with E-state index in [4.69, 9.17) is 9.47 Å². The van der Waals surface area contributed by atoms with Crippen molar-refractivity contribution in [1.82, 2.24) is 5.32 Å². The average Bonchev–Trinajstić information content (AvgIpc) is 2.56. The van der Waals surface area contributed by atoms with E-state index in [1.165, 1.54) is 12.1 Å². The van der Waals surface area contributed by atoms with E-state index < -0.39 is 0 Å². The van der Waals surface area contributed by atoms with Gasteiger partial charge in [-0.05, 0) is 18.2 Å². The number of ether oxygens (including phenoxy) is 2. The van der Waals surface area contributed by atoms with Gasteiger partial charge in [-0.1, -0.05) is 0 Å². The van der Waals surface area contributed by atoms with Crippen LogP contribution in [0.25, 0.3) is 0 Å². The van der Waals surface area contributed by atoms with Gasteiger partial charge in [-0.3, -0.25) is 4.79 Å². The molecule has 1 atom stereocenters. The van der Waals surface area contributed by atoms with Crippen molar-refractivity contribution in [3.8, 4) is 0 Å². The molecule has 0 bridgehead atoms. The van der Waals surface area contributed by atoms with Gasteiger partial charge in [0.25, 0.3) is 0 Å². The number of anilines is 2. The molecule has 6 nitrogen and oxygen atoms in total. The Bertz CT molecular complexity index is 543. The highest BCUT2D eigenvalue weighted by molar-refractivity contribution is 5.91. The van der Waals surface area contributed by atoms with Gasteiger partial charge in [-0.2, -0.15) is 0 Å². The van der Waals surface area contributed by atoms with Gasteiger partial charge in [0, 0.05) is 43.5 Å². The number of rotatable bonds is 4. The first-order valence-electron chi connectivity index (χ1n) is 7.95. The Morgan fingerprint density at radius 3 is 2.83 bits per heavy atom. The third kappa shape index (κ3) is 4.63. The van der Waals surface area contributed by atoms with E-state index in [2.05, 4.69) is 15.5 Å². The molecule has 7 heteroatoms. The lowest BCUT2D eigenvalue weighted by molar-refractivity contribution is -0.117. The Balaban J connectivity index is 1.62. The van der Waals surface area contributed by atoms with Gasteiger partial charge < -0.3 is 25.0 Å². The number of carbonyl (C=O) groups is 1. The van der Waals surface area contributed by atoms with Crippen molar-refractivity contribution in [2.24, 2.45) is 0 Å². The third-order valence-corrected chi connectivity index (χ3v) is 3.97. The summed E-state index contributed by atoms with van der Waals surface area (Å²) in [5, 5.41) is 6.01. The van der Waals surface area contributed by atoms with Crippen LogP contribution in [-0.4, -0.2) is 58.0 Å². The van der Waals surface area contributed by atoms with Crippen molar-refractivity contribution in [2.75, 3.05) is 56.3 Å². The Morgan fingerprint density at radius 1 is 1.26 bits per heavy atom. The fourth-order valence-corrected chi connectivity index (χ4v) is 2.84. The average molecular weight is 323 g/mol. The van der Waals surface area contributed by atoms with Crippen molar-refractivity contribution in [2.45, 2.75) is 12.5 Å². The van der Waals surface area contributed by atoms with Crippen LogP contribution >= 0.6 is 0 Å². The molecular formula is C16H22FN3O3. The monoisotopic (exact) mass is 323 g/mol. The number of hydrogen-bond donors (Lipinski definition) is 2. The summed E-state index contributed by atoms with van der Waals surface area (Å²) in [5.74, 6) is -0.505. The predicted molar refractivity (Wildman–Crippen MR) is 85.3 cm³/mol. The minimum absolute atomic E-state index is 0.0102. The van der Waals surface area contributed by atoms with E-state index in [0.29, 0.717) is 38.5 Å². The van der Waals surface area contributed by atoms with Gasteiger partial charge in [0.2, 0.25) is 5.91 Å². The molecule has 1 aromatic rings. The molecule has 0 aromatic heterocycles. The Morgan fingerprint density at radius 2 is 2.09 bits per heavy atom. The minimum Gasteiger partial charge on any atom is -0.378 e. The third-order valence-electron chi connectivity index (χ3n) is 3.97. The van der Waals surface area contributed by atoms with Gasteiger partial charge in [0.1, 0.15) is 5.82 Å². The van der Waals surface area contributed by atoms with Gasteiger partial charge in [-0.25, -0.2) is 4.39 Å². The van der Waals surface area contributed by atoms with E-state index in [1.54, 1.807) is 6.07 Å². The molecule has 0 radical (unpaired) electrons.